The minimum Gasteiger partial charge on any atom is -0.326 e. The molecule has 1 saturated carbocycles. The number of aromatic amines is 2. The third-order valence-corrected chi connectivity index (χ3v) is 4.61. The molecule has 3 aromatic rings. The summed E-state index contributed by atoms with van der Waals surface area (Å²) in [4.78, 5) is 41.1. The topological polar surface area (TPSA) is 107 Å². The van der Waals surface area contributed by atoms with E-state index >= 15 is 0 Å². The molecule has 132 valence electrons. The van der Waals surface area contributed by atoms with Crippen molar-refractivity contribution in [2.75, 3.05) is 10.6 Å². The van der Waals surface area contributed by atoms with Crippen LogP contribution in [0.1, 0.15) is 23.7 Å². The number of rotatable bonds is 4. The highest BCUT2D eigenvalue weighted by molar-refractivity contribution is 6.06. The second-order valence-electron chi connectivity index (χ2n) is 6.68. The first kappa shape index (κ1) is 16.1. The number of hydrogen-bond acceptors (Lipinski definition) is 3. The maximum Gasteiger partial charge on any atom is 0.323 e. The monoisotopic (exact) mass is 350 g/mol. The van der Waals surface area contributed by atoms with E-state index in [1.807, 2.05) is 6.92 Å². The van der Waals surface area contributed by atoms with Gasteiger partial charge < -0.3 is 20.6 Å². The lowest BCUT2D eigenvalue weighted by atomic mass is 10.1. The lowest BCUT2D eigenvalue weighted by Gasteiger charge is -2.08. The van der Waals surface area contributed by atoms with E-state index in [0.29, 0.717) is 33.9 Å². The van der Waals surface area contributed by atoms with Gasteiger partial charge in [0.1, 0.15) is 0 Å². The quantitative estimate of drug-likeness (QED) is 0.581. The Morgan fingerprint density at radius 1 is 1.00 bits per heavy atom. The third-order valence-electron chi connectivity index (χ3n) is 4.61. The van der Waals surface area contributed by atoms with Crippen LogP contribution in [0.15, 0.2) is 47.3 Å². The fraction of sp³-hybridized carbons (Fsp3) is 0.211. The molecule has 0 saturated heterocycles. The van der Waals surface area contributed by atoms with Gasteiger partial charge >= 0.3 is 5.69 Å². The SMILES string of the molecule is C[C@@H]1C[C@H]1C(=O)Nc1cccc(C(=O)Nc2ccc3[nH]c(=O)[nH]c3c2)c1. The second-order valence-corrected chi connectivity index (χ2v) is 6.68. The Morgan fingerprint density at radius 2 is 1.73 bits per heavy atom. The number of carbonyl (C=O) groups is 2. The van der Waals surface area contributed by atoms with Crippen LogP contribution in [0.2, 0.25) is 0 Å². The van der Waals surface area contributed by atoms with E-state index in [-0.39, 0.29) is 23.4 Å². The number of nitrogens with one attached hydrogen (secondary N) is 4. The number of hydrogen-bond donors (Lipinski definition) is 4. The Labute approximate surface area is 148 Å². The molecule has 2 aromatic carbocycles. The van der Waals surface area contributed by atoms with Crippen molar-refractivity contribution in [3.63, 3.8) is 0 Å². The summed E-state index contributed by atoms with van der Waals surface area (Å²) in [6, 6.07) is 11.9. The summed E-state index contributed by atoms with van der Waals surface area (Å²) >= 11 is 0. The Kier molecular flexibility index (Phi) is 3.84. The third kappa shape index (κ3) is 3.23. The van der Waals surface area contributed by atoms with Crippen LogP contribution in [-0.4, -0.2) is 21.8 Å². The highest BCUT2D eigenvalue weighted by Gasteiger charge is 2.39. The molecule has 4 N–H and O–H groups in total. The molecule has 0 spiro atoms. The van der Waals surface area contributed by atoms with Gasteiger partial charge in [0.15, 0.2) is 0 Å². The van der Waals surface area contributed by atoms with Crippen LogP contribution in [0, 0.1) is 11.8 Å². The van der Waals surface area contributed by atoms with Crippen molar-refractivity contribution >= 4 is 34.2 Å². The summed E-state index contributed by atoms with van der Waals surface area (Å²) < 4.78 is 0. The Balaban J connectivity index is 1.49. The van der Waals surface area contributed by atoms with Crippen LogP contribution in [0.3, 0.4) is 0 Å². The van der Waals surface area contributed by atoms with Crippen LogP contribution in [0.5, 0.6) is 0 Å². The average molecular weight is 350 g/mol. The highest BCUT2D eigenvalue weighted by atomic mass is 16.2. The largest absolute Gasteiger partial charge is 0.326 e. The fourth-order valence-corrected chi connectivity index (χ4v) is 2.97. The number of imidazole rings is 1. The first-order valence-electron chi connectivity index (χ1n) is 8.44. The molecular formula is C19H18N4O3. The minimum atomic E-state index is -0.295. The molecule has 0 unspecified atom stereocenters. The summed E-state index contributed by atoms with van der Waals surface area (Å²) in [5, 5.41) is 5.65. The molecule has 2 amide bonds. The zero-order valence-electron chi connectivity index (χ0n) is 14.1. The van der Waals surface area contributed by atoms with E-state index in [2.05, 4.69) is 20.6 Å². The van der Waals surface area contributed by atoms with Gasteiger partial charge in [-0.25, -0.2) is 4.79 Å². The Hall–Kier alpha value is -3.35. The van der Waals surface area contributed by atoms with Crippen molar-refractivity contribution in [2.45, 2.75) is 13.3 Å². The molecule has 0 radical (unpaired) electrons. The first-order chi connectivity index (χ1) is 12.5. The van der Waals surface area contributed by atoms with Gasteiger partial charge in [-0.3, -0.25) is 9.59 Å². The number of amides is 2. The molecule has 1 aromatic heterocycles. The normalized spacial score (nSPS) is 18.5. The summed E-state index contributed by atoms with van der Waals surface area (Å²) in [6.45, 7) is 2.04. The first-order valence-corrected chi connectivity index (χ1v) is 8.44. The van der Waals surface area contributed by atoms with Gasteiger partial charge in [0.2, 0.25) is 5.91 Å². The zero-order chi connectivity index (χ0) is 18.3. The molecule has 26 heavy (non-hydrogen) atoms. The van der Waals surface area contributed by atoms with Gasteiger partial charge in [-0.1, -0.05) is 13.0 Å². The maximum atomic E-state index is 12.5. The van der Waals surface area contributed by atoms with Crippen molar-refractivity contribution in [1.29, 1.82) is 0 Å². The van der Waals surface area contributed by atoms with Crippen LogP contribution in [0.4, 0.5) is 11.4 Å². The summed E-state index contributed by atoms with van der Waals surface area (Å²) in [5.41, 5.74) is 2.61. The van der Waals surface area contributed by atoms with Crippen molar-refractivity contribution < 1.29 is 9.59 Å². The number of carbonyl (C=O) groups excluding carboxylic acids is 2. The predicted octanol–water partition coefficient (Wildman–Crippen LogP) is 2.70. The zero-order valence-corrected chi connectivity index (χ0v) is 14.1. The molecule has 1 aliphatic rings. The standard InChI is InChI=1S/C19H18N4O3/c1-10-7-14(10)18(25)21-12-4-2-3-11(8-12)17(24)20-13-5-6-15-16(9-13)23-19(26)22-15/h2-6,8-10,14H,7H2,1H3,(H,20,24)(H,21,25)(H2,22,23,26)/t10-,14-/m1/s1. The van der Waals surface area contributed by atoms with Crippen molar-refractivity contribution in [1.82, 2.24) is 9.97 Å². The number of anilines is 2. The fourth-order valence-electron chi connectivity index (χ4n) is 2.97. The van der Waals surface area contributed by atoms with Crippen LogP contribution in [-0.2, 0) is 4.79 Å². The van der Waals surface area contributed by atoms with E-state index in [4.69, 9.17) is 0 Å². The number of H-pyrrole nitrogens is 2. The van der Waals surface area contributed by atoms with Crippen molar-refractivity contribution in [2.24, 2.45) is 11.8 Å². The minimum absolute atomic E-state index is 0.00285. The van der Waals surface area contributed by atoms with Crippen molar-refractivity contribution in [3.05, 3.63) is 58.5 Å². The molecule has 1 aliphatic carbocycles. The molecule has 4 rings (SSSR count). The number of fused-ring (bicyclic) bond motifs is 1. The van der Waals surface area contributed by atoms with Gasteiger partial charge in [-0.2, -0.15) is 0 Å². The van der Waals surface area contributed by atoms with Crippen LogP contribution < -0.4 is 16.3 Å². The van der Waals surface area contributed by atoms with Gasteiger partial charge in [-0.05, 0) is 48.7 Å². The van der Waals surface area contributed by atoms with Crippen LogP contribution in [0.25, 0.3) is 11.0 Å². The number of aromatic nitrogens is 2. The molecule has 2 atom stereocenters. The molecule has 1 heterocycles. The lowest BCUT2D eigenvalue weighted by molar-refractivity contribution is -0.117. The van der Waals surface area contributed by atoms with E-state index in [0.717, 1.165) is 6.42 Å². The smallest absolute Gasteiger partial charge is 0.323 e. The summed E-state index contributed by atoms with van der Waals surface area (Å²) in [5.74, 6) is 0.203. The van der Waals surface area contributed by atoms with Crippen molar-refractivity contribution in [3.8, 4) is 0 Å². The maximum absolute atomic E-state index is 12.5. The molecule has 7 heteroatoms. The van der Waals surface area contributed by atoms with Gasteiger partial charge in [-0.15, -0.1) is 0 Å². The van der Waals surface area contributed by atoms with E-state index in [1.165, 1.54) is 0 Å². The lowest BCUT2D eigenvalue weighted by Crippen LogP contribution is -2.16. The molecule has 0 aliphatic heterocycles. The van der Waals surface area contributed by atoms with Crippen LogP contribution >= 0.6 is 0 Å². The predicted molar refractivity (Wildman–Crippen MR) is 99.2 cm³/mol. The molecular weight excluding hydrogens is 332 g/mol. The van der Waals surface area contributed by atoms with Gasteiger partial charge in [0, 0.05) is 22.9 Å². The molecule has 7 nitrogen and oxygen atoms in total. The van der Waals surface area contributed by atoms with Gasteiger partial charge in [0.05, 0.1) is 11.0 Å². The number of benzene rings is 2. The highest BCUT2D eigenvalue weighted by Crippen LogP contribution is 2.38. The second kappa shape index (κ2) is 6.18. The van der Waals surface area contributed by atoms with E-state index in [1.54, 1.807) is 42.5 Å². The Bertz CT molecular complexity index is 1070. The van der Waals surface area contributed by atoms with E-state index in [9.17, 15) is 14.4 Å². The molecule has 0 bridgehead atoms. The van der Waals surface area contributed by atoms with E-state index < -0.39 is 0 Å². The van der Waals surface area contributed by atoms with Gasteiger partial charge in [0.25, 0.3) is 5.91 Å². The average Bonchev–Trinajstić information content (AvgIpc) is 3.22. The Morgan fingerprint density at radius 3 is 2.50 bits per heavy atom. The molecule has 1 fully saturated rings. The summed E-state index contributed by atoms with van der Waals surface area (Å²) in [6.07, 6.45) is 0.912. The summed E-state index contributed by atoms with van der Waals surface area (Å²) in [7, 11) is 0.